The van der Waals surface area contributed by atoms with Gasteiger partial charge in [-0.1, -0.05) is 261 Å². The molecule has 0 atom stereocenters. The number of aromatic nitrogens is 14. The average Bonchev–Trinajstić information content (AvgIpc) is 1.59. The number of alkyl halides is 3. The van der Waals surface area contributed by atoms with Crippen LogP contribution in [0.4, 0.5) is 18.9 Å². The van der Waals surface area contributed by atoms with E-state index in [-0.39, 0.29) is 0 Å². The van der Waals surface area contributed by atoms with E-state index in [1.807, 2.05) is 303 Å². The smallest absolute Gasteiger partial charge is 0.309 e. The van der Waals surface area contributed by atoms with Crippen LogP contribution in [0.2, 0.25) is 0 Å². The summed E-state index contributed by atoms with van der Waals surface area (Å²) in [5.74, 6) is 5.79. The Morgan fingerprint density at radius 2 is 0.504 bits per heavy atom. The van der Waals surface area contributed by atoms with Gasteiger partial charge < -0.3 is 9.13 Å². The van der Waals surface area contributed by atoms with Crippen molar-refractivity contribution >= 4 is 49.3 Å². The second-order valence-corrected chi connectivity index (χ2v) is 29.8. The second-order valence-electron chi connectivity index (χ2n) is 29.8. The third-order valence-corrected chi connectivity index (χ3v) is 22.1. The Hall–Kier alpha value is -16.8. The van der Waals surface area contributed by atoms with Crippen molar-refractivity contribution in [2.24, 2.45) is 0 Å². The van der Waals surface area contributed by atoms with E-state index >= 15 is 0 Å². The molecule has 580 valence electrons. The lowest BCUT2D eigenvalue weighted by molar-refractivity contribution is -0.137. The van der Waals surface area contributed by atoms with E-state index in [9.17, 15) is 19.7 Å². The maximum atomic E-state index is 14.7. The Morgan fingerprint density at radius 3 is 0.772 bits per heavy atom. The molecule has 0 saturated heterocycles. The van der Waals surface area contributed by atoms with Crippen LogP contribution in [0.1, 0.15) is 11.1 Å². The number of hydrogen-bond acceptors (Lipinski definition) is 12. The third kappa shape index (κ3) is 14.1. The van der Waals surface area contributed by atoms with Crippen LogP contribution in [-0.2, 0) is 6.18 Å². The predicted molar refractivity (Wildman–Crippen MR) is 481 cm³/mol. The molecule has 0 aliphatic rings. The van der Waals surface area contributed by atoms with E-state index in [2.05, 4.69) is 62.5 Å². The van der Waals surface area contributed by atoms with E-state index in [0.717, 1.165) is 105 Å². The minimum Gasteiger partial charge on any atom is -0.309 e. The summed E-state index contributed by atoms with van der Waals surface area (Å²) in [5.41, 5.74) is 16.2. The summed E-state index contributed by atoms with van der Waals surface area (Å²) >= 11 is 0. The van der Waals surface area contributed by atoms with Gasteiger partial charge in [-0.15, -0.1) is 0 Å². The Labute approximate surface area is 703 Å². The summed E-state index contributed by atoms with van der Waals surface area (Å²) in [4.78, 5) is 66.3. The highest BCUT2D eigenvalue weighted by molar-refractivity contribution is 6.14. The molecule has 6 heterocycles. The van der Waals surface area contributed by atoms with Crippen LogP contribution in [0.3, 0.4) is 0 Å². The number of nitrogens with zero attached hydrogens (tertiary/aromatic N) is 15. The van der Waals surface area contributed by atoms with Gasteiger partial charge in [0.25, 0.3) is 0 Å². The number of fused-ring (bicyclic) bond motifs is 6. The van der Waals surface area contributed by atoms with Crippen molar-refractivity contribution in [3.05, 3.63) is 393 Å². The highest BCUT2D eigenvalue weighted by Gasteiger charge is 2.32. The average molecular weight is 1590 g/mol. The normalized spacial score (nSPS) is 11.6. The number of aryl methyl sites for hydroxylation is 1. The summed E-state index contributed by atoms with van der Waals surface area (Å²) in [6.45, 7) is 10.9. The maximum absolute atomic E-state index is 14.7. The van der Waals surface area contributed by atoms with Crippen LogP contribution in [0.5, 0.6) is 0 Å². The molecular weight excluding hydrogens is 1530 g/mol. The molecule has 6 aromatic heterocycles. The minimum atomic E-state index is -4.60. The Morgan fingerprint density at radius 1 is 0.236 bits per heavy atom. The fraction of sp³-hybridized carbons (Fsp3) is 0.0190. The first-order valence-electron chi connectivity index (χ1n) is 39.9. The van der Waals surface area contributed by atoms with Crippen molar-refractivity contribution in [3.63, 3.8) is 0 Å². The fourth-order valence-corrected chi connectivity index (χ4v) is 16.1. The molecule has 0 amide bonds. The topological polar surface area (TPSA) is 169 Å². The fourth-order valence-electron chi connectivity index (χ4n) is 16.1. The van der Waals surface area contributed by atoms with Crippen molar-refractivity contribution in [2.45, 2.75) is 13.1 Å². The van der Waals surface area contributed by atoms with E-state index in [1.165, 1.54) is 12.1 Å². The van der Waals surface area contributed by atoms with Crippen LogP contribution in [-0.4, -0.2) is 68.9 Å². The molecular formula is C105H64F3N15. The molecule has 15 nitrogen and oxygen atoms in total. The van der Waals surface area contributed by atoms with Crippen molar-refractivity contribution in [3.8, 4) is 170 Å². The number of hydrogen-bond donors (Lipinski definition) is 0. The van der Waals surface area contributed by atoms with Gasteiger partial charge in [0.05, 0.1) is 39.9 Å². The van der Waals surface area contributed by atoms with E-state index in [4.69, 9.17) is 59.8 Å². The van der Waals surface area contributed by atoms with Gasteiger partial charge in [0.1, 0.15) is 0 Å². The zero-order valence-corrected chi connectivity index (χ0v) is 65.6. The summed E-state index contributed by atoms with van der Waals surface area (Å²) in [7, 11) is 0. The molecule has 15 aromatic carbocycles. The molecule has 0 radical (unpaired) electrons. The number of benzene rings is 15. The van der Waals surface area contributed by atoms with Crippen molar-refractivity contribution in [1.29, 1.82) is 0 Å². The molecule has 0 spiro atoms. The monoisotopic (exact) mass is 1590 g/mol. The van der Waals surface area contributed by atoms with Gasteiger partial charge in [0.15, 0.2) is 75.6 Å². The van der Waals surface area contributed by atoms with Crippen LogP contribution in [0.25, 0.3) is 219 Å². The molecule has 18 heteroatoms. The quantitative estimate of drug-likeness (QED) is 0.0841. The summed E-state index contributed by atoms with van der Waals surface area (Å²) in [5, 5.41) is 3.28. The summed E-state index contributed by atoms with van der Waals surface area (Å²) in [6, 6.07) is 119. The van der Waals surface area contributed by atoms with E-state index in [0.29, 0.717) is 126 Å². The summed E-state index contributed by atoms with van der Waals surface area (Å²) in [6.07, 6.45) is -4.60. The SMILES string of the molecule is [C-]#[N+]c1ccc(-n2c3ccc(-c4nc(-c5ccccc5)nc(-c5ccccc5)n4)cc3c3cc(-c4nc(-c5ccccc5)nc(-c5ccccc5)n4)ccc32)cc1-c1cc(-c2ccc(C(F)(F)F)cc2C)ccc1-n1c2ccc(-c3nc(-c4ccccc4)nc(-c4ccccc4)n3)cc2c2cc(-c3nc(-c4ccccc4)nc(-c4ccccc4)n3)ccc21. The third-order valence-electron chi connectivity index (χ3n) is 22.1. The zero-order valence-electron chi connectivity index (χ0n) is 65.6. The van der Waals surface area contributed by atoms with Crippen LogP contribution in [0, 0.1) is 13.5 Å². The van der Waals surface area contributed by atoms with Crippen LogP contribution < -0.4 is 0 Å². The predicted octanol–water partition coefficient (Wildman–Crippen LogP) is 25.8. The van der Waals surface area contributed by atoms with E-state index in [1.54, 1.807) is 6.92 Å². The first kappa shape index (κ1) is 73.8. The molecule has 123 heavy (non-hydrogen) atoms. The van der Waals surface area contributed by atoms with Gasteiger partial charge in [0, 0.05) is 94.0 Å². The van der Waals surface area contributed by atoms with Gasteiger partial charge in [-0.05, 0) is 144 Å². The van der Waals surface area contributed by atoms with Crippen molar-refractivity contribution in [2.75, 3.05) is 0 Å². The molecule has 0 aliphatic heterocycles. The molecule has 0 unspecified atom stereocenters. The molecule has 0 aliphatic carbocycles. The molecule has 21 aromatic rings. The van der Waals surface area contributed by atoms with Crippen LogP contribution >= 0.6 is 0 Å². The van der Waals surface area contributed by atoms with Gasteiger partial charge in [-0.25, -0.2) is 64.7 Å². The number of halogens is 3. The van der Waals surface area contributed by atoms with E-state index < -0.39 is 11.7 Å². The molecule has 0 bridgehead atoms. The van der Waals surface area contributed by atoms with Gasteiger partial charge in [0.2, 0.25) is 0 Å². The van der Waals surface area contributed by atoms with Crippen LogP contribution in [0.15, 0.2) is 370 Å². The zero-order chi connectivity index (χ0) is 82.7. The number of rotatable bonds is 16. The van der Waals surface area contributed by atoms with Gasteiger partial charge in [-0.2, -0.15) is 13.2 Å². The Balaban J connectivity index is 0.806. The standard InChI is InChI=1S/C105H64F3N15/c1-64-57-78(105(106,107)108)48-50-80(64)73-43-52-90(123-91-55-46-76(103-118-97(69-35-19-7-20-36-69)112-98(119-103)70-37-21-8-22-38-70)61-85(91)86-62-77(47-56-92(86)123)104-120-99(71-39-23-9-24-40-71)113-100(121-104)72-41-25-10-26-42-72)82(58-73)81-63-79(49-51-87(81)109-2)122-88-53-44-74(101-114-93(65-27-11-3-12-28-65)110-94(115-101)66-29-13-4-14-30-66)59-83(88)84-60-75(45-54-89(84)122)102-116-95(67-31-15-5-16-32-67)111-96(117-102)68-33-17-6-18-34-68/h3-63H,1H3. The van der Waals surface area contributed by atoms with Gasteiger partial charge in [-0.3, -0.25) is 0 Å². The second kappa shape index (κ2) is 30.9. The largest absolute Gasteiger partial charge is 0.416 e. The van der Waals surface area contributed by atoms with Gasteiger partial charge >= 0.3 is 6.18 Å². The molecule has 0 fully saturated rings. The lowest BCUT2D eigenvalue weighted by Gasteiger charge is -2.19. The minimum absolute atomic E-state index is 0.310. The first-order valence-corrected chi connectivity index (χ1v) is 39.9. The highest BCUT2D eigenvalue weighted by atomic mass is 19.4. The molecule has 0 saturated carbocycles. The summed E-state index contributed by atoms with van der Waals surface area (Å²) < 4.78 is 48.5. The maximum Gasteiger partial charge on any atom is 0.416 e. The highest BCUT2D eigenvalue weighted by Crippen LogP contribution is 2.47. The lowest BCUT2D eigenvalue weighted by Crippen LogP contribution is -2.05. The Kier molecular flexibility index (Phi) is 18.6. The lowest BCUT2D eigenvalue weighted by atomic mass is 9.93. The molecule has 21 rings (SSSR count). The Bertz CT molecular complexity index is 7130. The molecule has 0 N–H and O–H groups in total. The van der Waals surface area contributed by atoms with Crippen molar-refractivity contribution < 1.29 is 13.2 Å². The van der Waals surface area contributed by atoms with Crippen molar-refractivity contribution in [1.82, 2.24) is 68.9 Å². The first-order chi connectivity index (χ1) is 60.4.